The fourth-order valence-corrected chi connectivity index (χ4v) is 1.70. The van der Waals surface area contributed by atoms with Gasteiger partial charge in [0, 0.05) is 7.05 Å². The summed E-state index contributed by atoms with van der Waals surface area (Å²) in [4.78, 5) is 0. The van der Waals surface area contributed by atoms with E-state index in [-0.39, 0.29) is 5.82 Å². The molecular formula is C6H11FN4O2S. The summed E-state index contributed by atoms with van der Waals surface area (Å²) in [5, 5.41) is 11.1. The summed E-state index contributed by atoms with van der Waals surface area (Å²) in [5.74, 6) is -0.0819. The number of halogens is 1. The molecule has 0 spiro atoms. The molecule has 80 valence electrons. The van der Waals surface area contributed by atoms with Crippen LogP contribution in [-0.4, -0.2) is 23.2 Å². The van der Waals surface area contributed by atoms with Crippen LogP contribution in [0.1, 0.15) is 19.7 Å². The first-order valence-corrected chi connectivity index (χ1v) is 5.30. The number of primary sulfonamides is 1. The summed E-state index contributed by atoms with van der Waals surface area (Å²) >= 11 is 0. The number of rotatable bonds is 2. The lowest BCUT2D eigenvalue weighted by Crippen LogP contribution is -2.21. The van der Waals surface area contributed by atoms with Gasteiger partial charge in [-0.1, -0.05) is 0 Å². The van der Waals surface area contributed by atoms with E-state index in [1.807, 2.05) is 0 Å². The quantitative estimate of drug-likeness (QED) is 0.741. The van der Waals surface area contributed by atoms with Gasteiger partial charge in [0.25, 0.3) is 15.2 Å². The Bertz CT molecular complexity index is 445. The molecule has 1 aromatic rings. The van der Waals surface area contributed by atoms with Gasteiger partial charge in [-0.15, -0.1) is 10.2 Å². The van der Waals surface area contributed by atoms with Crippen LogP contribution in [0.2, 0.25) is 0 Å². The van der Waals surface area contributed by atoms with Crippen molar-refractivity contribution in [2.45, 2.75) is 24.7 Å². The summed E-state index contributed by atoms with van der Waals surface area (Å²) in [5.41, 5.74) is -1.76. The van der Waals surface area contributed by atoms with Gasteiger partial charge in [-0.25, -0.2) is 17.9 Å². The molecule has 0 fully saturated rings. The molecule has 8 heteroatoms. The molecule has 0 atom stereocenters. The first-order chi connectivity index (χ1) is 6.14. The average molecular weight is 222 g/mol. The van der Waals surface area contributed by atoms with E-state index in [0.717, 1.165) is 4.57 Å². The molecule has 1 rings (SSSR count). The van der Waals surface area contributed by atoms with Gasteiger partial charge in [0.05, 0.1) is 0 Å². The summed E-state index contributed by atoms with van der Waals surface area (Å²) in [6.07, 6.45) is 0. The molecular weight excluding hydrogens is 211 g/mol. The maximum Gasteiger partial charge on any atom is 0.273 e. The Hall–Kier alpha value is -1.02. The summed E-state index contributed by atoms with van der Waals surface area (Å²) < 4.78 is 36.3. The number of hydrogen-bond acceptors (Lipinski definition) is 4. The van der Waals surface area contributed by atoms with Crippen molar-refractivity contribution >= 4 is 10.0 Å². The second-order valence-corrected chi connectivity index (χ2v) is 4.84. The lowest BCUT2D eigenvalue weighted by atomic mass is 10.1. The van der Waals surface area contributed by atoms with E-state index in [1.54, 1.807) is 0 Å². The van der Waals surface area contributed by atoms with Crippen molar-refractivity contribution in [1.82, 2.24) is 14.8 Å². The largest absolute Gasteiger partial charge is 0.301 e. The van der Waals surface area contributed by atoms with Crippen LogP contribution >= 0.6 is 0 Å². The maximum atomic E-state index is 13.4. The molecule has 0 saturated carbocycles. The number of nitrogens with two attached hydrogens (primary N) is 1. The van der Waals surface area contributed by atoms with Crippen molar-refractivity contribution in [3.05, 3.63) is 5.82 Å². The Morgan fingerprint density at radius 1 is 1.43 bits per heavy atom. The normalized spacial score (nSPS) is 13.2. The lowest BCUT2D eigenvalue weighted by Gasteiger charge is -2.12. The van der Waals surface area contributed by atoms with Crippen LogP contribution < -0.4 is 5.14 Å². The lowest BCUT2D eigenvalue weighted by molar-refractivity contribution is 0.199. The van der Waals surface area contributed by atoms with E-state index in [9.17, 15) is 12.8 Å². The molecule has 0 aliphatic rings. The van der Waals surface area contributed by atoms with Gasteiger partial charge < -0.3 is 4.57 Å². The number of nitrogens with zero attached hydrogens (tertiary/aromatic N) is 3. The fourth-order valence-electron chi connectivity index (χ4n) is 1.08. The van der Waals surface area contributed by atoms with Gasteiger partial charge in [0.1, 0.15) is 0 Å². The molecule has 0 aromatic carbocycles. The molecule has 1 aromatic heterocycles. The van der Waals surface area contributed by atoms with E-state index in [0.29, 0.717) is 0 Å². The third-order valence-corrected chi connectivity index (χ3v) is 2.49. The predicted octanol–water partition coefficient (Wildman–Crippen LogP) is -0.333. The molecule has 0 aliphatic carbocycles. The van der Waals surface area contributed by atoms with Crippen LogP contribution in [0, 0.1) is 0 Å². The molecule has 1 heterocycles. The Kier molecular flexibility index (Phi) is 2.36. The van der Waals surface area contributed by atoms with Crippen LogP contribution in [0.3, 0.4) is 0 Å². The molecule has 0 radical (unpaired) electrons. The zero-order chi connectivity index (χ0) is 11.1. The average Bonchev–Trinajstić information content (AvgIpc) is 2.26. The molecule has 0 bridgehead atoms. The maximum absolute atomic E-state index is 13.4. The van der Waals surface area contributed by atoms with Gasteiger partial charge in [0.2, 0.25) is 0 Å². The Morgan fingerprint density at radius 2 is 1.93 bits per heavy atom. The van der Waals surface area contributed by atoms with Gasteiger partial charge in [-0.05, 0) is 13.8 Å². The highest BCUT2D eigenvalue weighted by molar-refractivity contribution is 7.89. The molecule has 2 N–H and O–H groups in total. The summed E-state index contributed by atoms with van der Waals surface area (Å²) in [6, 6.07) is 0. The third-order valence-electron chi connectivity index (χ3n) is 1.62. The number of sulfonamides is 1. The summed E-state index contributed by atoms with van der Waals surface area (Å²) in [7, 11) is -2.61. The van der Waals surface area contributed by atoms with E-state index in [2.05, 4.69) is 10.2 Å². The van der Waals surface area contributed by atoms with Crippen molar-refractivity contribution in [2.75, 3.05) is 0 Å². The highest BCUT2D eigenvalue weighted by Gasteiger charge is 2.29. The molecule has 6 nitrogen and oxygen atoms in total. The number of hydrogen-bond donors (Lipinski definition) is 1. The van der Waals surface area contributed by atoms with Gasteiger partial charge >= 0.3 is 0 Å². The van der Waals surface area contributed by atoms with Crippen LogP contribution in [0.5, 0.6) is 0 Å². The minimum atomic E-state index is -3.95. The minimum absolute atomic E-state index is 0.0819. The zero-order valence-electron chi connectivity index (χ0n) is 8.02. The van der Waals surface area contributed by atoms with Crippen LogP contribution in [0.15, 0.2) is 5.16 Å². The Morgan fingerprint density at radius 3 is 2.14 bits per heavy atom. The van der Waals surface area contributed by atoms with Crippen LogP contribution in [0.4, 0.5) is 4.39 Å². The number of alkyl halides is 1. The minimum Gasteiger partial charge on any atom is -0.301 e. The van der Waals surface area contributed by atoms with Crippen molar-refractivity contribution in [1.29, 1.82) is 0 Å². The SMILES string of the molecule is Cn1c(C(C)(C)F)nnc1S(N)(=O)=O. The van der Waals surface area contributed by atoms with Crippen molar-refractivity contribution in [2.24, 2.45) is 12.2 Å². The predicted molar refractivity (Wildman–Crippen MR) is 46.5 cm³/mol. The summed E-state index contributed by atoms with van der Waals surface area (Å²) in [6.45, 7) is 2.51. The molecule has 0 unspecified atom stereocenters. The van der Waals surface area contributed by atoms with Gasteiger partial charge in [0.15, 0.2) is 11.5 Å². The highest BCUT2D eigenvalue weighted by Crippen LogP contribution is 2.23. The second-order valence-electron chi connectivity index (χ2n) is 3.38. The Labute approximate surface area is 81.0 Å². The first-order valence-electron chi connectivity index (χ1n) is 3.75. The highest BCUT2D eigenvalue weighted by atomic mass is 32.2. The van der Waals surface area contributed by atoms with Crippen molar-refractivity contribution < 1.29 is 12.8 Å². The third kappa shape index (κ3) is 1.90. The van der Waals surface area contributed by atoms with Crippen LogP contribution in [0.25, 0.3) is 0 Å². The topological polar surface area (TPSA) is 90.9 Å². The first kappa shape index (κ1) is 11.1. The van der Waals surface area contributed by atoms with Gasteiger partial charge in [-0.2, -0.15) is 0 Å². The van der Waals surface area contributed by atoms with E-state index in [4.69, 9.17) is 5.14 Å². The second kappa shape index (κ2) is 2.99. The molecule has 0 saturated heterocycles. The van der Waals surface area contributed by atoms with E-state index >= 15 is 0 Å². The molecule has 0 aliphatic heterocycles. The smallest absolute Gasteiger partial charge is 0.273 e. The monoisotopic (exact) mass is 222 g/mol. The zero-order valence-corrected chi connectivity index (χ0v) is 8.84. The standard InChI is InChI=1S/C6H11FN4O2S/c1-6(2,7)4-9-10-5(11(4)3)14(8,12)13/h1-3H3,(H2,8,12,13). The van der Waals surface area contributed by atoms with Crippen molar-refractivity contribution in [3.63, 3.8) is 0 Å². The van der Waals surface area contributed by atoms with Crippen LogP contribution in [-0.2, 0) is 22.7 Å². The van der Waals surface area contributed by atoms with E-state index in [1.165, 1.54) is 20.9 Å². The molecule has 14 heavy (non-hydrogen) atoms. The number of aromatic nitrogens is 3. The molecule has 0 amide bonds. The van der Waals surface area contributed by atoms with E-state index < -0.39 is 20.8 Å². The Balaban J connectivity index is 3.37. The fraction of sp³-hybridized carbons (Fsp3) is 0.667. The van der Waals surface area contributed by atoms with Gasteiger partial charge in [-0.3, -0.25) is 0 Å². The van der Waals surface area contributed by atoms with Crippen molar-refractivity contribution in [3.8, 4) is 0 Å².